The number of ether oxygens (including phenoxy) is 1. The highest BCUT2D eigenvalue weighted by molar-refractivity contribution is 5.54. The molecule has 0 saturated carbocycles. The van der Waals surface area contributed by atoms with Gasteiger partial charge < -0.3 is 15.4 Å². The molecule has 0 amide bonds. The van der Waals surface area contributed by atoms with Crippen LogP contribution in [0.2, 0.25) is 0 Å². The van der Waals surface area contributed by atoms with Crippen molar-refractivity contribution in [3.05, 3.63) is 23.8 Å². The Bertz CT molecular complexity index is 398. The van der Waals surface area contributed by atoms with Crippen LogP contribution in [0.25, 0.3) is 0 Å². The molecule has 1 aliphatic rings. The zero-order chi connectivity index (χ0) is 13.7. The zero-order valence-corrected chi connectivity index (χ0v) is 12.2. The van der Waals surface area contributed by atoms with Crippen LogP contribution in [0.1, 0.15) is 32.3 Å². The fraction of sp³-hybridized carbons (Fsp3) is 0.625. The molecule has 1 fully saturated rings. The Balaban J connectivity index is 1.84. The number of nitrogens with two attached hydrogens (primary N) is 1. The van der Waals surface area contributed by atoms with Crippen molar-refractivity contribution in [1.29, 1.82) is 0 Å². The smallest absolute Gasteiger partial charge is 0.142 e. The van der Waals surface area contributed by atoms with Crippen LogP contribution in [0.15, 0.2) is 18.2 Å². The van der Waals surface area contributed by atoms with Gasteiger partial charge in [0.05, 0.1) is 12.3 Å². The highest BCUT2D eigenvalue weighted by atomic mass is 16.5. The second kappa shape index (κ2) is 6.80. The lowest BCUT2D eigenvalue weighted by molar-refractivity contribution is 0.194. The van der Waals surface area contributed by atoms with Gasteiger partial charge in [-0.3, -0.25) is 0 Å². The van der Waals surface area contributed by atoms with Gasteiger partial charge in [0, 0.05) is 6.54 Å². The van der Waals surface area contributed by atoms with E-state index >= 15 is 0 Å². The van der Waals surface area contributed by atoms with Crippen molar-refractivity contribution < 1.29 is 4.74 Å². The molecule has 0 aliphatic carbocycles. The molecule has 3 nitrogen and oxygen atoms in total. The van der Waals surface area contributed by atoms with E-state index in [0.29, 0.717) is 6.61 Å². The van der Waals surface area contributed by atoms with Crippen LogP contribution in [-0.4, -0.2) is 31.1 Å². The summed E-state index contributed by atoms with van der Waals surface area (Å²) in [6.45, 7) is 8.62. The first-order chi connectivity index (χ1) is 9.19. The van der Waals surface area contributed by atoms with Gasteiger partial charge in [-0.15, -0.1) is 0 Å². The summed E-state index contributed by atoms with van der Waals surface area (Å²) in [6.07, 6.45) is 3.75. The highest BCUT2D eigenvalue weighted by Gasteiger charge is 2.15. The molecule has 0 bridgehead atoms. The third-order valence-electron chi connectivity index (χ3n) is 3.97. The number of hydrogen-bond acceptors (Lipinski definition) is 3. The topological polar surface area (TPSA) is 38.5 Å². The van der Waals surface area contributed by atoms with E-state index in [1.54, 1.807) is 0 Å². The Labute approximate surface area is 116 Å². The van der Waals surface area contributed by atoms with E-state index in [2.05, 4.69) is 24.0 Å². The number of hydrogen-bond donors (Lipinski definition) is 1. The van der Waals surface area contributed by atoms with Crippen molar-refractivity contribution >= 4 is 5.69 Å². The maximum atomic E-state index is 6.00. The fourth-order valence-corrected chi connectivity index (χ4v) is 2.61. The minimum Gasteiger partial charge on any atom is -0.492 e. The Morgan fingerprint density at radius 3 is 2.68 bits per heavy atom. The molecule has 2 N–H and O–H groups in total. The number of likely N-dealkylation sites (tertiary alicyclic amines) is 1. The van der Waals surface area contributed by atoms with Crippen molar-refractivity contribution in [1.82, 2.24) is 4.90 Å². The molecule has 1 aromatic carbocycles. The van der Waals surface area contributed by atoms with Gasteiger partial charge in [0.1, 0.15) is 5.75 Å². The van der Waals surface area contributed by atoms with E-state index in [9.17, 15) is 0 Å². The third kappa shape index (κ3) is 4.13. The number of nitrogens with zero attached hydrogens (tertiary/aromatic N) is 1. The molecule has 19 heavy (non-hydrogen) atoms. The van der Waals surface area contributed by atoms with E-state index in [1.807, 2.05) is 13.0 Å². The summed E-state index contributed by atoms with van der Waals surface area (Å²) >= 11 is 0. The number of rotatable bonds is 5. The number of anilines is 1. The molecule has 0 spiro atoms. The fourth-order valence-electron chi connectivity index (χ4n) is 2.61. The molecule has 0 atom stereocenters. The van der Waals surface area contributed by atoms with Gasteiger partial charge in [0.15, 0.2) is 0 Å². The summed E-state index contributed by atoms with van der Waals surface area (Å²) in [4.78, 5) is 2.56. The first-order valence-corrected chi connectivity index (χ1v) is 7.42. The summed E-state index contributed by atoms with van der Waals surface area (Å²) in [6, 6.07) is 6.18. The van der Waals surface area contributed by atoms with Gasteiger partial charge in [0.25, 0.3) is 0 Å². The summed E-state index contributed by atoms with van der Waals surface area (Å²) in [5.74, 6) is 1.70. The summed E-state index contributed by atoms with van der Waals surface area (Å²) < 4.78 is 5.46. The number of piperidine rings is 1. The molecule has 1 heterocycles. The van der Waals surface area contributed by atoms with Crippen LogP contribution in [-0.2, 0) is 6.42 Å². The average molecular weight is 262 g/mol. The van der Waals surface area contributed by atoms with E-state index in [0.717, 1.165) is 30.3 Å². The van der Waals surface area contributed by atoms with Crippen molar-refractivity contribution in [3.8, 4) is 5.75 Å². The lowest BCUT2D eigenvalue weighted by Crippen LogP contribution is -2.34. The second-order valence-corrected chi connectivity index (χ2v) is 5.58. The first kappa shape index (κ1) is 14.2. The van der Waals surface area contributed by atoms with Crippen LogP contribution in [0.4, 0.5) is 5.69 Å². The minimum absolute atomic E-state index is 0.662. The third-order valence-corrected chi connectivity index (χ3v) is 3.97. The van der Waals surface area contributed by atoms with E-state index in [-0.39, 0.29) is 0 Å². The molecular formula is C16H26N2O. The molecular weight excluding hydrogens is 236 g/mol. The molecule has 1 aromatic rings. The monoisotopic (exact) mass is 262 g/mol. The lowest BCUT2D eigenvalue weighted by atomic mass is 9.99. The summed E-state index contributed by atoms with van der Waals surface area (Å²) in [7, 11) is 0. The molecule has 1 saturated heterocycles. The molecule has 106 valence electrons. The maximum absolute atomic E-state index is 6.00. The summed E-state index contributed by atoms with van der Waals surface area (Å²) in [5.41, 5.74) is 8.06. The lowest BCUT2D eigenvalue weighted by Gasteiger charge is -2.30. The largest absolute Gasteiger partial charge is 0.492 e. The van der Waals surface area contributed by atoms with Gasteiger partial charge in [-0.2, -0.15) is 0 Å². The van der Waals surface area contributed by atoms with Crippen LogP contribution in [0.3, 0.4) is 0 Å². The minimum atomic E-state index is 0.662. The molecule has 3 heteroatoms. The predicted octanol–water partition coefficient (Wildman–Crippen LogP) is 2.94. The number of benzene rings is 1. The predicted molar refractivity (Wildman–Crippen MR) is 80.6 cm³/mol. The van der Waals surface area contributed by atoms with Gasteiger partial charge in [0.2, 0.25) is 0 Å². The highest BCUT2D eigenvalue weighted by Crippen LogP contribution is 2.23. The second-order valence-electron chi connectivity index (χ2n) is 5.58. The Kier molecular flexibility index (Phi) is 5.08. The van der Waals surface area contributed by atoms with Crippen LogP contribution >= 0.6 is 0 Å². The maximum Gasteiger partial charge on any atom is 0.142 e. The Hall–Kier alpha value is -1.22. The van der Waals surface area contributed by atoms with E-state index in [1.165, 1.54) is 31.5 Å². The summed E-state index contributed by atoms with van der Waals surface area (Å²) in [5, 5.41) is 0. The number of nitrogen functional groups attached to an aromatic ring is 1. The van der Waals surface area contributed by atoms with E-state index < -0.39 is 0 Å². The van der Waals surface area contributed by atoms with Gasteiger partial charge >= 0.3 is 0 Å². The van der Waals surface area contributed by atoms with Gasteiger partial charge in [-0.25, -0.2) is 0 Å². The SMILES string of the molecule is CCOc1ccc(CCN2CCC(C)CC2)cc1N. The molecule has 0 aromatic heterocycles. The van der Waals surface area contributed by atoms with Crippen molar-refractivity contribution in [3.63, 3.8) is 0 Å². The Morgan fingerprint density at radius 1 is 1.32 bits per heavy atom. The average Bonchev–Trinajstić information content (AvgIpc) is 2.41. The van der Waals surface area contributed by atoms with Crippen LogP contribution in [0, 0.1) is 5.92 Å². The quantitative estimate of drug-likeness (QED) is 0.829. The standard InChI is InChI=1S/C16H26N2O/c1-3-19-16-5-4-14(12-15(16)17)8-11-18-9-6-13(2)7-10-18/h4-5,12-13H,3,6-11,17H2,1-2H3. The van der Waals surface area contributed by atoms with Crippen molar-refractivity contribution in [2.75, 3.05) is 32.0 Å². The Morgan fingerprint density at radius 2 is 2.05 bits per heavy atom. The van der Waals surface area contributed by atoms with Crippen LogP contribution in [0.5, 0.6) is 5.75 Å². The van der Waals surface area contributed by atoms with Gasteiger partial charge in [-0.05, 0) is 62.9 Å². The molecule has 1 aliphatic heterocycles. The van der Waals surface area contributed by atoms with E-state index in [4.69, 9.17) is 10.5 Å². The van der Waals surface area contributed by atoms with Crippen LogP contribution < -0.4 is 10.5 Å². The van der Waals surface area contributed by atoms with Crippen molar-refractivity contribution in [2.24, 2.45) is 5.92 Å². The van der Waals surface area contributed by atoms with Crippen molar-refractivity contribution in [2.45, 2.75) is 33.1 Å². The molecule has 0 unspecified atom stereocenters. The van der Waals surface area contributed by atoms with Gasteiger partial charge in [-0.1, -0.05) is 13.0 Å². The normalized spacial score (nSPS) is 17.6. The zero-order valence-electron chi connectivity index (χ0n) is 12.2. The molecule has 2 rings (SSSR count). The molecule has 0 radical (unpaired) electrons. The first-order valence-electron chi connectivity index (χ1n) is 7.42.